The van der Waals surface area contributed by atoms with Crippen LogP contribution in [0.5, 0.6) is 5.75 Å². The van der Waals surface area contributed by atoms with Crippen molar-refractivity contribution < 1.29 is 27.8 Å². The maximum absolute atomic E-state index is 12.1. The first-order chi connectivity index (χ1) is 11.8. The summed E-state index contributed by atoms with van der Waals surface area (Å²) in [5.41, 5.74) is 0.949. The van der Waals surface area contributed by atoms with Crippen molar-refractivity contribution in [1.82, 2.24) is 9.80 Å². The molecule has 1 saturated heterocycles. The van der Waals surface area contributed by atoms with E-state index in [0.29, 0.717) is 13.0 Å². The van der Waals surface area contributed by atoms with Gasteiger partial charge in [-0.15, -0.1) is 13.2 Å². The van der Waals surface area contributed by atoms with Crippen molar-refractivity contribution >= 4 is 5.97 Å². The van der Waals surface area contributed by atoms with Crippen molar-refractivity contribution in [3.8, 4) is 5.75 Å². The van der Waals surface area contributed by atoms with Gasteiger partial charge in [0.15, 0.2) is 0 Å². The second kappa shape index (κ2) is 9.05. The molecule has 2 rings (SSSR count). The Labute approximate surface area is 145 Å². The number of hydrogen-bond donors (Lipinski definition) is 1. The Morgan fingerprint density at radius 2 is 1.64 bits per heavy atom. The average Bonchev–Trinajstić information content (AvgIpc) is 2.53. The molecule has 5 nitrogen and oxygen atoms in total. The van der Waals surface area contributed by atoms with Crippen molar-refractivity contribution in [1.29, 1.82) is 0 Å². The van der Waals surface area contributed by atoms with Gasteiger partial charge in [-0.1, -0.05) is 12.1 Å². The molecule has 0 aliphatic carbocycles. The van der Waals surface area contributed by atoms with E-state index in [1.54, 1.807) is 12.1 Å². The number of unbranched alkanes of at least 4 members (excludes halogenated alkanes) is 1. The lowest BCUT2D eigenvalue weighted by Gasteiger charge is -2.34. The van der Waals surface area contributed by atoms with E-state index in [-0.39, 0.29) is 12.2 Å². The number of carboxylic acids is 1. The number of alkyl halides is 3. The van der Waals surface area contributed by atoms with E-state index in [9.17, 15) is 18.0 Å². The summed E-state index contributed by atoms with van der Waals surface area (Å²) in [6.45, 7) is 5.22. The molecule has 0 amide bonds. The summed E-state index contributed by atoms with van der Waals surface area (Å²) in [4.78, 5) is 15.0. The normalized spacial score (nSPS) is 16.8. The highest BCUT2D eigenvalue weighted by Gasteiger charge is 2.31. The van der Waals surface area contributed by atoms with Gasteiger partial charge >= 0.3 is 12.3 Å². The Bertz CT molecular complexity index is 541. The van der Waals surface area contributed by atoms with E-state index >= 15 is 0 Å². The minimum Gasteiger partial charge on any atom is -0.481 e. The first kappa shape index (κ1) is 19.5. The van der Waals surface area contributed by atoms with E-state index < -0.39 is 12.3 Å². The van der Waals surface area contributed by atoms with Crippen LogP contribution in [0, 0.1) is 0 Å². The highest BCUT2D eigenvalue weighted by molar-refractivity contribution is 5.66. The zero-order chi connectivity index (χ0) is 18.3. The Hall–Kier alpha value is -1.80. The standard InChI is InChI=1S/C17H23F3N2O3/c18-17(19,20)25-15-6-4-14(5-7-15)13-22-11-9-21(10-12-22)8-2-1-3-16(23)24/h4-7H,1-3,8-13H2,(H,23,24). The lowest BCUT2D eigenvalue weighted by Crippen LogP contribution is -2.46. The van der Waals surface area contributed by atoms with Crippen LogP contribution in [-0.4, -0.2) is 60.0 Å². The molecule has 0 spiro atoms. The lowest BCUT2D eigenvalue weighted by molar-refractivity contribution is -0.274. The average molecular weight is 360 g/mol. The van der Waals surface area contributed by atoms with Crippen LogP contribution in [0.3, 0.4) is 0 Å². The van der Waals surface area contributed by atoms with Gasteiger partial charge in [0.1, 0.15) is 5.75 Å². The maximum atomic E-state index is 12.1. The van der Waals surface area contributed by atoms with Crippen LogP contribution in [0.1, 0.15) is 24.8 Å². The lowest BCUT2D eigenvalue weighted by atomic mass is 10.2. The molecule has 1 heterocycles. The number of ether oxygens (including phenoxy) is 1. The summed E-state index contributed by atoms with van der Waals surface area (Å²) >= 11 is 0. The first-order valence-electron chi connectivity index (χ1n) is 8.33. The summed E-state index contributed by atoms with van der Waals surface area (Å²) in [7, 11) is 0. The van der Waals surface area contributed by atoms with E-state index in [4.69, 9.17) is 5.11 Å². The molecule has 1 fully saturated rings. The van der Waals surface area contributed by atoms with E-state index in [1.165, 1.54) is 12.1 Å². The zero-order valence-electron chi connectivity index (χ0n) is 14.0. The fourth-order valence-corrected chi connectivity index (χ4v) is 2.84. The number of carboxylic acid groups (broad SMARTS) is 1. The number of piperazine rings is 1. The van der Waals surface area contributed by atoms with Gasteiger partial charge in [-0.3, -0.25) is 9.69 Å². The summed E-state index contributed by atoms with van der Waals surface area (Å²) in [5, 5.41) is 8.61. The molecule has 1 aromatic carbocycles. The number of carbonyl (C=O) groups is 1. The Kier molecular flexibility index (Phi) is 7.07. The van der Waals surface area contributed by atoms with Gasteiger partial charge < -0.3 is 14.7 Å². The third-order valence-electron chi connectivity index (χ3n) is 4.14. The molecule has 0 atom stereocenters. The summed E-state index contributed by atoms with van der Waals surface area (Å²) in [6, 6.07) is 5.97. The van der Waals surface area contributed by atoms with Gasteiger partial charge in [-0.05, 0) is 37.1 Å². The third-order valence-corrected chi connectivity index (χ3v) is 4.14. The number of nitrogens with zero attached hydrogens (tertiary/aromatic N) is 2. The van der Waals surface area contributed by atoms with E-state index in [2.05, 4.69) is 14.5 Å². The van der Waals surface area contributed by atoms with Gasteiger partial charge in [0.25, 0.3) is 0 Å². The molecular formula is C17H23F3N2O3. The van der Waals surface area contributed by atoms with Gasteiger partial charge in [0.05, 0.1) is 0 Å². The fraction of sp³-hybridized carbons (Fsp3) is 0.588. The molecule has 8 heteroatoms. The number of benzene rings is 1. The Balaban J connectivity index is 1.68. The molecular weight excluding hydrogens is 337 g/mol. The highest BCUT2D eigenvalue weighted by atomic mass is 19.4. The van der Waals surface area contributed by atoms with Gasteiger partial charge in [0.2, 0.25) is 0 Å². The molecule has 1 aliphatic heterocycles. The van der Waals surface area contributed by atoms with Crippen molar-refractivity contribution in [3.05, 3.63) is 29.8 Å². The predicted octanol–water partition coefficient (Wildman–Crippen LogP) is 2.96. The van der Waals surface area contributed by atoms with Crippen LogP contribution >= 0.6 is 0 Å². The van der Waals surface area contributed by atoms with Gasteiger partial charge in [-0.25, -0.2) is 0 Å². The molecule has 0 unspecified atom stereocenters. The molecule has 0 bridgehead atoms. The number of rotatable bonds is 8. The molecule has 25 heavy (non-hydrogen) atoms. The van der Waals surface area contributed by atoms with Crippen LogP contribution in [0.4, 0.5) is 13.2 Å². The summed E-state index contributed by atoms with van der Waals surface area (Å²) in [5.74, 6) is -0.959. The second-order valence-electron chi connectivity index (χ2n) is 6.16. The van der Waals surface area contributed by atoms with Crippen LogP contribution in [0.2, 0.25) is 0 Å². The van der Waals surface area contributed by atoms with Gasteiger partial charge in [-0.2, -0.15) is 0 Å². The molecule has 0 radical (unpaired) electrons. The Morgan fingerprint density at radius 1 is 1.04 bits per heavy atom. The topological polar surface area (TPSA) is 53.0 Å². The summed E-state index contributed by atoms with van der Waals surface area (Å²) < 4.78 is 40.3. The quantitative estimate of drug-likeness (QED) is 0.723. The van der Waals surface area contributed by atoms with Crippen molar-refractivity contribution in [2.24, 2.45) is 0 Å². The minimum atomic E-state index is -4.66. The minimum absolute atomic E-state index is 0.206. The van der Waals surface area contributed by atoms with Crippen LogP contribution < -0.4 is 4.74 Å². The Morgan fingerprint density at radius 3 is 2.20 bits per heavy atom. The molecule has 0 saturated carbocycles. The molecule has 1 aromatic rings. The van der Waals surface area contributed by atoms with Crippen molar-refractivity contribution in [2.45, 2.75) is 32.2 Å². The highest BCUT2D eigenvalue weighted by Crippen LogP contribution is 2.23. The maximum Gasteiger partial charge on any atom is 0.573 e. The van der Waals surface area contributed by atoms with E-state index in [0.717, 1.165) is 44.7 Å². The third kappa shape index (κ3) is 7.74. The molecule has 1 aliphatic rings. The number of aliphatic carboxylic acids is 1. The van der Waals surface area contributed by atoms with E-state index in [1.807, 2.05) is 0 Å². The second-order valence-corrected chi connectivity index (χ2v) is 6.16. The fourth-order valence-electron chi connectivity index (χ4n) is 2.84. The predicted molar refractivity (Wildman–Crippen MR) is 86.3 cm³/mol. The molecule has 140 valence electrons. The van der Waals surface area contributed by atoms with Crippen LogP contribution in [-0.2, 0) is 11.3 Å². The molecule has 1 N–H and O–H groups in total. The van der Waals surface area contributed by atoms with Crippen molar-refractivity contribution in [2.75, 3.05) is 32.7 Å². The summed E-state index contributed by atoms with van der Waals surface area (Å²) in [6.07, 6.45) is -2.87. The number of halogens is 3. The van der Waals surface area contributed by atoms with Crippen molar-refractivity contribution in [3.63, 3.8) is 0 Å². The zero-order valence-corrected chi connectivity index (χ0v) is 14.0. The first-order valence-corrected chi connectivity index (χ1v) is 8.33. The van der Waals surface area contributed by atoms with Crippen LogP contribution in [0.25, 0.3) is 0 Å². The SMILES string of the molecule is O=C(O)CCCCN1CCN(Cc2ccc(OC(F)(F)F)cc2)CC1. The van der Waals surface area contributed by atoms with Crippen LogP contribution in [0.15, 0.2) is 24.3 Å². The van der Waals surface area contributed by atoms with Gasteiger partial charge in [0, 0.05) is 39.1 Å². The molecule has 0 aromatic heterocycles. The smallest absolute Gasteiger partial charge is 0.481 e. The largest absolute Gasteiger partial charge is 0.573 e. The monoisotopic (exact) mass is 360 g/mol. The number of hydrogen-bond acceptors (Lipinski definition) is 4.